The fourth-order valence-electron chi connectivity index (χ4n) is 4.04. The number of para-hydroxylation sites is 1. The molecule has 35 heavy (non-hydrogen) atoms. The van der Waals surface area contributed by atoms with Gasteiger partial charge in [-0.3, -0.25) is 9.36 Å². The number of ether oxygens (including phenoxy) is 1. The molecule has 0 aliphatic carbocycles. The first-order valence-electron chi connectivity index (χ1n) is 11.6. The van der Waals surface area contributed by atoms with E-state index in [4.69, 9.17) is 9.72 Å². The number of nitrogens with zero attached hydrogens (tertiary/aromatic N) is 2. The van der Waals surface area contributed by atoms with Crippen LogP contribution in [0.1, 0.15) is 16.9 Å². The van der Waals surface area contributed by atoms with E-state index in [1.807, 2.05) is 60.7 Å². The van der Waals surface area contributed by atoms with E-state index in [1.165, 1.54) is 5.56 Å². The molecule has 0 atom stereocenters. The third-order valence-corrected chi connectivity index (χ3v) is 7.78. The lowest BCUT2D eigenvalue weighted by atomic mass is 10.0. The Kier molecular flexibility index (Phi) is 7.02. The molecule has 0 N–H and O–H groups in total. The van der Waals surface area contributed by atoms with Crippen LogP contribution in [0, 0.1) is 13.8 Å². The Morgan fingerprint density at radius 3 is 2.31 bits per heavy atom. The molecule has 0 unspecified atom stereocenters. The predicted molar refractivity (Wildman–Crippen MR) is 147 cm³/mol. The van der Waals surface area contributed by atoms with Crippen molar-refractivity contribution in [2.45, 2.75) is 25.4 Å². The van der Waals surface area contributed by atoms with Gasteiger partial charge in [0.25, 0.3) is 5.56 Å². The van der Waals surface area contributed by atoms with Gasteiger partial charge in [-0.25, -0.2) is 4.98 Å². The van der Waals surface area contributed by atoms with Gasteiger partial charge in [-0.1, -0.05) is 78.0 Å². The highest BCUT2D eigenvalue weighted by atomic mass is 32.2. The number of aromatic nitrogens is 2. The summed E-state index contributed by atoms with van der Waals surface area (Å²) in [6.45, 7) is 4.74. The van der Waals surface area contributed by atoms with Crippen LogP contribution in [0.25, 0.3) is 27.0 Å². The Bertz CT molecular complexity index is 1490. The van der Waals surface area contributed by atoms with Gasteiger partial charge in [-0.15, -0.1) is 11.3 Å². The Hall–Kier alpha value is -3.35. The van der Waals surface area contributed by atoms with Gasteiger partial charge in [-0.2, -0.15) is 0 Å². The molecule has 0 bridgehead atoms. The molecule has 0 aliphatic heterocycles. The number of benzene rings is 3. The lowest BCUT2D eigenvalue weighted by Crippen LogP contribution is -2.21. The second-order valence-corrected chi connectivity index (χ2v) is 10.6. The first-order valence-corrected chi connectivity index (χ1v) is 13.4. The van der Waals surface area contributed by atoms with Crippen LogP contribution in [-0.2, 0) is 0 Å². The van der Waals surface area contributed by atoms with Gasteiger partial charge in [0.1, 0.15) is 10.6 Å². The summed E-state index contributed by atoms with van der Waals surface area (Å²) in [6, 6.07) is 28.0. The van der Waals surface area contributed by atoms with E-state index in [1.54, 1.807) is 27.7 Å². The molecule has 0 amide bonds. The minimum Gasteiger partial charge on any atom is -0.494 e. The molecule has 2 heterocycles. The number of thioether (sulfide) groups is 1. The van der Waals surface area contributed by atoms with Crippen molar-refractivity contribution in [3.8, 4) is 22.6 Å². The molecule has 2 aromatic heterocycles. The summed E-state index contributed by atoms with van der Waals surface area (Å²) in [5.74, 6) is 1.68. The Labute approximate surface area is 213 Å². The fourth-order valence-corrected chi connectivity index (χ4v) is 6.05. The summed E-state index contributed by atoms with van der Waals surface area (Å²) >= 11 is 3.18. The highest BCUT2D eigenvalue weighted by Crippen LogP contribution is 2.37. The highest BCUT2D eigenvalue weighted by Gasteiger charge is 2.20. The Balaban J connectivity index is 1.46. The first-order chi connectivity index (χ1) is 17.1. The van der Waals surface area contributed by atoms with Crippen molar-refractivity contribution in [2.75, 3.05) is 12.4 Å². The number of hydrogen-bond donors (Lipinski definition) is 0. The zero-order chi connectivity index (χ0) is 24.2. The molecule has 0 spiro atoms. The molecule has 0 aliphatic rings. The van der Waals surface area contributed by atoms with Crippen LogP contribution >= 0.6 is 23.1 Å². The zero-order valence-electron chi connectivity index (χ0n) is 19.7. The van der Waals surface area contributed by atoms with Crippen LogP contribution in [0.15, 0.2) is 94.9 Å². The number of aryl methyl sites for hydroxylation is 2. The van der Waals surface area contributed by atoms with Gasteiger partial charge in [-0.05, 0) is 50.1 Å². The van der Waals surface area contributed by atoms with Crippen LogP contribution in [0.5, 0.6) is 5.75 Å². The summed E-state index contributed by atoms with van der Waals surface area (Å²) in [6.07, 6.45) is 0.847. The average Bonchev–Trinajstić information content (AvgIpc) is 3.22. The van der Waals surface area contributed by atoms with Crippen LogP contribution in [0.4, 0.5) is 0 Å². The second-order valence-electron chi connectivity index (χ2n) is 8.31. The Morgan fingerprint density at radius 2 is 1.60 bits per heavy atom. The van der Waals surface area contributed by atoms with E-state index in [9.17, 15) is 4.79 Å². The highest BCUT2D eigenvalue weighted by molar-refractivity contribution is 7.99. The molecule has 5 rings (SSSR count). The van der Waals surface area contributed by atoms with Gasteiger partial charge in [0, 0.05) is 16.2 Å². The minimum absolute atomic E-state index is 0.0252. The molecule has 4 nitrogen and oxygen atoms in total. The third kappa shape index (κ3) is 5.04. The van der Waals surface area contributed by atoms with Gasteiger partial charge >= 0.3 is 0 Å². The normalized spacial score (nSPS) is 11.1. The van der Waals surface area contributed by atoms with Crippen molar-refractivity contribution in [1.29, 1.82) is 0 Å². The summed E-state index contributed by atoms with van der Waals surface area (Å²) < 4.78 is 7.63. The maximum absolute atomic E-state index is 14.0. The standard InChI is InChI=1S/C29H26N2O2S2/c1-20-14-16-24(17-15-20)33-18-9-19-34-29-30-27-26(28(32)31(29)23-12-7-4-8-13-23)25(21(2)35-27)22-10-5-3-6-11-22/h3-8,10-17H,9,18-19H2,1-2H3. The van der Waals surface area contributed by atoms with Crippen LogP contribution in [-0.4, -0.2) is 21.9 Å². The quantitative estimate of drug-likeness (QED) is 0.128. The SMILES string of the molecule is Cc1ccc(OCCCSc2nc3sc(C)c(-c4ccccc4)c3c(=O)n2-c2ccccc2)cc1. The van der Waals surface area contributed by atoms with E-state index in [-0.39, 0.29) is 5.56 Å². The molecule has 176 valence electrons. The van der Waals surface area contributed by atoms with Crippen LogP contribution in [0.2, 0.25) is 0 Å². The van der Waals surface area contributed by atoms with Gasteiger partial charge < -0.3 is 4.74 Å². The van der Waals surface area contributed by atoms with Crippen molar-refractivity contribution >= 4 is 33.3 Å². The van der Waals surface area contributed by atoms with Gasteiger partial charge in [0.05, 0.1) is 17.7 Å². The first kappa shape index (κ1) is 23.4. The molecule has 0 saturated heterocycles. The maximum Gasteiger partial charge on any atom is 0.268 e. The summed E-state index contributed by atoms with van der Waals surface area (Å²) in [5, 5.41) is 1.40. The topological polar surface area (TPSA) is 44.1 Å². The smallest absolute Gasteiger partial charge is 0.268 e. The van der Waals surface area contributed by atoms with Crippen molar-refractivity contribution in [3.63, 3.8) is 0 Å². The largest absolute Gasteiger partial charge is 0.494 e. The summed E-state index contributed by atoms with van der Waals surface area (Å²) in [7, 11) is 0. The van der Waals surface area contributed by atoms with E-state index in [0.717, 1.165) is 44.4 Å². The zero-order valence-corrected chi connectivity index (χ0v) is 21.4. The van der Waals surface area contributed by atoms with Gasteiger partial charge in [0.2, 0.25) is 0 Å². The average molecular weight is 499 g/mol. The molecule has 0 fully saturated rings. The third-order valence-electron chi connectivity index (χ3n) is 5.76. The van der Waals surface area contributed by atoms with E-state index >= 15 is 0 Å². The minimum atomic E-state index is -0.0252. The molecule has 5 aromatic rings. The molecular formula is C29H26N2O2S2. The van der Waals surface area contributed by atoms with E-state index < -0.39 is 0 Å². The predicted octanol–water partition coefficient (Wildman–Crippen LogP) is 7.29. The van der Waals surface area contributed by atoms with Crippen molar-refractivity contribution in [1.82, 2.24) is 9.55 Å². The molecule has 6 heteroatoms. The molecule has 3 aromatic carbocycles. The van der Waals surface area contributed by atoms with Crippen molar-refractivity contribution < 1.29 is 4.74 Å². The fraction of sp³-hybridized carbons (Fsp3) is 0.172. The van der Waals surface area contributed by atoms with Crippen LogP contribution < -0.4 is 10.3 Å². The summed E-state index contributed by atoms with van der Waals surface area (Å²) in [4.78, 5) is 20.8. The monoisotopic (exact) mass is 498 g/mol. The lowest BCUT2D eigenvalue weighted by Gasteiger charge is -2.13. The van der Waals surface area contributed by atoms with Crippen molar-refractivity contribution in [3.05, 3.63) is 106 Å². The number of thiophene rings is 1. The second kappa shape index (κ2) is 10.5. The molecule has 0 radical (unpaired) electrons. The Morgan fingerprint density at radius 1 is 0.914 bits per heavy atom. The van der Waals surface area contributed by atoms with Crippen LogP contribution in [0.3, 0.4) is 0 Å². The lowest BCUT2D eigenvalue weighted by molar-refractivity contribution is 0.318. The molecule has 0 saturated carbocycles. The van der Waals surface area contributed by atoms with Crippen molar-refractivity contribution in [2.24, 2.45) is 0 Å². The number of rotatable bonds is 8. The molecular weight excluding hydrogens is 472 g/mol. The maximum atomic E-state index is 14.0. The van der Waals surface area contributed by atoms with Gasteiger partial charge in [0.15, 0.2) is 5.16 Å². The van der Waals surface area contributed by atoms with E-state index in [2.05, 4.69) is 38.1 Å². The number of fused-ring (bicyclic) bond motifs is 1. The number of hydrogen-bond acceptors (Lipinski definition) is 5. The van der Waals surface area contributed by atoms with E-state index in [0.29, 0.717) is 17.1 Å². The summed E-state index contributed by atoms with van der Waals surface area (Å²) in [5.41, 5.74) is 4.04.